The molecule has 0 atom stereocenters. The first-order chi connectivity index (χ1) is 3.43. The van der Waals surface area contributed by atoms with E-state index in [9.17, 15) is 4.79 Å². The van der Waals surface area contributed by atoms with Crippen LogP contribution in [0.1, 0.15) is 0 Å². The second-order valence-electron chi connectivity index (χ2n) is 1.00. The van der Waals surface area contributed by atoms with Crippen molar-refractivity contribution in [2.75, 3.05) is 0 Å². The van der Waals surface area contributed by atoms with Gasteiger partial charge in [0, 0.05) is 0 Å². The van der Waals surface area contributed by atoms with Crippen LogP contribution in [0.25, 0.3) is 0 Å². The minimum Gasteiger partial charge on any atom is -0.352 e. The zero-order chi connectivity index (χ0) is 5.11. The van der Waals surface area contributed by atoms with Crippen molar-refractivity contribution in [1.29, 1.82) is 0 Å². The zero-order valence-corrected chi connectivity index (χ0v) is 3.46. The first-order valence-corrected chi connectivity index (χ1v) is 1.75. The number of hydrogen-bond acceptors (Lipinski definition) is 3. The Hall–Kier alpha value is -0.765. The maximum absolute atomic E-state index is 9.71. The predicted octanol–water partition coefficient (Wildman–Crippen LogP) is -0.392. The van der Waals surface area contributed by atoms with Crippen molar-refractivity contribution in [1.82, 2.24) is 0 Å². The third kappa shape index (κ3) is 0.808. The summed E-state index contributed by atoms with van der Waals surface area (Å²) in [6, 6.07) is 0. The molecule has 0 N–H and O–H groups in total. The van der Waals surface area contributed by atoms with E-state index in [1.807, 2.05) is 0 Å². The maximum Gasteiger partial charge on any atom is 0.395 e. The molecule has 7 heavy (non-hydrogen) atoms. The molecule has 35 valence electrons. The van der Waals surface area contributed by atoms with Gasteiger partial charge in [-0.15, -0.1) is 0 Å². The van der Waals surface area contributed by atoms with E-state index in [-0.39, 0.29) is 5.76 Å². The molecule has 0 aliphatic carbocycles. The Morgan fingerprint density at radius 2 is 2.71 bits per heavy atom. The largest absolute Gasteiger partial charge is 0.395 e. The predicted molar refractivity (Wildman–Crippen MR) is 22.1 cm³/mol. The summed E-state index contributed by atoms with van der Waals surface area (Å²) in [4.78, 5) is 18.2. The summed E-state index contributed by atoms with van der Waals surface area (Å²) in [6.07, 6.45) is 0.573. The standard InChI is InChI=1S/C3H2BO3/c5-2-3-1-4-7-6-3/h1-2H. The average molecular weight is 96.9 g/mol. The highest BCUT2D eigenvalue weighted by molar-refractivity contribution is 6.35. The van der Waals surface area contributed by atoms with Crippen molar-refractivity contribution in [3.63, 3.8) is 0 Å². The summed E-state index contributed by atoms with van der Waals surface area (Å²) in [5.41, 5.74) is 0. The molecular formula is C3H2BO3. The van der Waals surface area contributed by atoms with E-state index >= 15 is 0 Å². The minimum atomic E-state index is 0.208. The van der Waals surface area contributed by atoms with Crippen molar-refractivity contribution in [3.8, 4) is 0 Å². The fraction of sp³-hybridized carbons (Fsp3) is 0. The Bertz CT molecular complexity index is 109. The summed E-state index contributed by atoms with van der Waals surface area (Å²) >= 11 is 0. The topological polar surface area (TPSA) is 35.5 Å². The van der Waals surface area contributed by atoms with Crippen LogP contribution in [-0.2, 0) is 14.5 Å². The number of aldehydes is 1. The van der Waals surface area contributed by atoms with E-state index in [4.69, 9.17) is 0 Å². The number of rotatable bonds is 1. The van der Waals surface area contributed by atoms with E-state index in [2.05, 4.69) is 9.69 Å². The fourth-order valence-corrected chi connectivity index (χ4v) is 0.265. The lowest BCUT2D eigenvalue weighted by molar-refractivity contribution is -0.160. The van der Waals surface area contributed by atoms with E-state index in [0.29, 0.717) is 6.29 Å². The molecule has 1 aliphatic rings. The van der Waals surface area contributed by atoms with E-state index in [1.165, 1.54) is 13.5 Å². The molecule has 0 saturated heterocycles. The third-order valence-electron chi connectivity index (χ3n) is 0.548. The Labute approximate surface area is 41.1 Å². The van der Waals surface area contributed by atoms with Crippen LogP contribution in [-0.4, -0.2) is 13.8 Å². The molecule has 4 heteroatoms. The van der Waals surface area contributed by atoms with E-state index in [1.54, 1.807) is 0 Å². The van der Waals surface area contributed by atoms with Gasteiger partial charge in [-0.3, -0.25) is 9.60 Å². The van der Waals surface area contributed by atoms with Crippen LogP contribution in [0, 0.1) is 0 Å². The van der Waals surface area contributed by atoms with Gasteiger partial charge in [-0.25, -0.2) is 0 Å². The van der Waals surface area contributed by atoms with Crippen molar-refractivity contribution in [2.45, 2.75) is 0 Å². The lowest BCUT2D eigenvalue weighted by Gasteiger charge is -1.88. The van der Waals surface area contributed by atoms with E-state index in [0.717, 1.165) is 0 Å². The molecular weight excluding hydrogens is 94.8 g/mol. The highest BCUT2D eigenvalue weighted by Gasteiger charge is 2.05. The van der Waals surface area contributed by atoms with Gasteiger partial charge in [0.1, 0.15) is 0 Å². The molecule has 1 heterocycles. The monoisotopic (exact) mass is 97.0 g/mol. The van der Waals surface area contributed by atoms with Gasteiger partial charge in [0.05, 0.1) is 0 Å². The number of carbonyl (C=O) groups excluding carboxylic acids is 1. The molecule has 0 unspecified atom stereocenters. The van der Waals surface area contributed by atoms with Gasteiger partial charge in [-0.1, -0.05) is 0 Å². The highest BCUT2D eigenvalue weighted by Crippen LogP contribution is 1.98. The molecule has 0 aromatic heterocycles. The van der Waals surface area contributed by atoms with Crippen molar-refractivity contribution in [3.05, 3.63) is 11.7 Å². The van der Waals surface area contributed by atoms with E-state index < -0.39 is 0 Å². The lowest BCUT2D eigenvalue weighted by atomic mass is 10.0. The van der Waals surface area contributed by atoms with Gasteiger partial charge >= 0.3 is 7.48 Å². The molecule has 1 aliphatic heterocycles. The first-order valence-electron chi connectivity index (χ1n) is 1.75. The van der Waals surface area contributed by atoms with Gasteiger partial charge < -0.3 is 4.89 Å². The zero-order valence-electron chi connectivity index (χ0n) is 3.46. The van der Waals surface area contributed by atoms with Crippen LogP contribution in [0.15, 0.2) is 11.7 Å². The Kier molecular flexibility index (Phi) is 1.13. The second-order valence-corrected chi connectivity index (χ2v) is 1.00. The summed E-state index contributed by atoms with van der Waals surface area (Å²) in [5, 5.41) is 0. The van der Waals surface area contributed by atoms with Gasteiger partial charge in [-0.05, 0) is 5.98 Å². The number of hydrogen-bond donors (Lipinski definition) is 0. The van der Waals surface area contributed by atoms with Crippen molar-refractivity contribution >= 4 is 13.8 Å². The van der Waals surface area contributed by atoms with Gasteiger partial charge in [-0.2, -0.15) is 0 Å². The molecule has 0 aromatic rings. The van der Waals surface area contributed by atoms with Crippen LogP contribution in [0.4, 0.5) is 0 Å². The van der Waals surface area contributed by atoms with Crippen molar-refractivity contribution in [2.24, 2.45) is 0 Å². The Balaban J connectivity index is 2.51. The average Bonchev–Trinajstić information content (AvgIpc) is 2.14. The number of allylic oxidation sites excluding steroid dienone is 1. The molecule has 0 saturated carbocycles. The molecule has 0 fully saturated rings. The van der Waals surface area contributed by atoms with Crippen LogP contribution in [0.5, 0.6) is 0 Å². The van der Waals surface area contributed by atoms with Gasteiger partial charge in [0.15, 0.2) is 12.0 Å². The Morgan fingerprint density at radius 1 is 1.86 bits per heavy atom. The smallest absolute Gasteiger partial charge is 0.352 e. The first kappa shape index (κ1) is 4.40. The van der Waals surface area contributed by atoms with Crippen LogP contribution < -0.4 is 0 Å². The summed E-state index contributed by atoms with van der Waals surface area (Å²) in [7, 11) is 1.30. The van der Waals surface area contributed by atoms with Gasteiger partial charge in [0.25, 0.3) is 0 Å². The fourth-order valence-electron chi connectivity index (χ4n) is 0.265. The normalized spacial score (nSPS) is 16.9. The third-order valence-corrected chi connectivity index (χ3v) is 0.548. The lowest BCUT2D eigenvalue weighted by Crippen LogP contribution is -1.83. The van der Waals surface area contributed by atoms with Crippen LogP contribution in [0.3, 0.4) is 0 Å². The molecule has 0 amide bonds. The molecule has 0 spiro atoms. The quantitative estimate of drug-likeness (QED) is 0.254. The molecule has 1 rings (SSSR count). The molecule has 0 bridgehead atoms. The molecule has 0 aromatic carbocycles. The van der Waals surface area contributed by atoms with Gasteiger partial charge in [0.2, 0.25) is 0 Å². The molecule has 1 radical (unpaired) electrons. The second kappa shape index (κ2) is 1.79. The molecule has 3 nitrogen and oxygen atoms in total. The highest BCUT2D eigenvalue weighted by atomic mass is 17.2. The minimum absolute atomic E-state index is 0.208. The summed E-state index contributed by atoms with van der Waals surface area (Å²) in [6.45, 7) is 0. The Morgan fingerprint density at radius 3 is 3.00 bits per heavy atom. The maximum atomic E-state index is 9.71. The SMILES string of the molecule is O=CC1=C[B]OO1. The van der Waals surface area contributed by atoms with Crippen LogP contribution >= 0.6 is 0 Å². The number of carbonyl (C=O) groups is 1. The summed E-state index contributed by atoms with van der Waals surface area (Å²) < 4.78 is 0. The summed E-state index contributed by atoms with van der Waals surface area (Å²) in [5.74, 6) is 1.65. The van der Waals surface area contributed by atoms with Crippen LogP contribution in [0.2, 0.25) is 0 Å². The van der Waals surface area contributed by atoms with Crippen molar-refractivity contribution < 1.29 is 14.5 Å².